The van der Waals surface area contributed by atoms with Crippen molar-refractivity contribution in [2.45, 2.75) is 41.5 Å². The Morgan fingerprint density at radius 1 is 0.700 bits per heavy atom. The molecule has 0 heterocycles. The molecule has 2 radical (unpaired) electrons. The summed E-state index contributed by atoms with van der Waals surface area (Å²) in [6, 6.07) is 0. The van der Waals surface area contributed by atoms with Crippen molar-refractivity contribution >= 4 is 0 Å². The van der Waals surface area contributed by atoms with Gasteiger partial charge in [0.1, 0.15) is 0 Å². The summed E-state index contributed by atoms with van der Waals surface area (Å²) in [4.78, 5) is 0. The second kappa shape index (κ2) is 13.2. The smallest absolute Gasteiger partial charge is 0 e. The fourth-order valence-corrected chi connectivity index (χ4v) is 1.38. The van der Waals surface area contributed by atoms with Crippen molar-refractivity contribution in [1.82, 2.24) is 0 Å². The maximum absolute atomic E-state index is 7.50. The Kier molecular flexibility index (Phi) is 18.2. The Balaban J connectivity index is -0.000000162. The summed E-state index contributed by atoms with van der Waals surface area (Å²) in [6.07, 6.45) is 6.83. The third-order valence-electron chi connectivity index (χ3n) is 2.49. The van der Waals surface area contributed by atoms with Crippen LogP contribution in [0.25, 0.3) is 0 Å². The third-order valence-corrected chi connectivity index (χ3v) is 2.49. The molecule has 4 heteroatoms. The van der Waals surface area contributed by atoms with Crippen LogP contribution in [0, 0.1) is 37.2 Å². The first-order chi connectivity index (χ1) is 8.71. The van der Waals surface area contributed by atoms with Gasteiger partial charge in [-0.2, -0.15) is 0 Å². The van der Waals surface area contributed by atoms with E-state index in [1.807, 2.05) is 0 Å². The molecular formula is C16H21MnO3. The minimum Gasteiger partial charge on any atom is 0 e. The molecule has 20 heavy (non-hydrogen) atoms. The molecule has 0 aromatic heterocycles. The zero-order chi connectivity index (χ0) is 16.3. The molecule has 0 spiro atoms. The van der Waals surface area contributed by atoms with Crippen LogP contribution >= 0.6 is 0 Å². The average Bonchev–Trinajstić information content (AvgIpc) is 2.86. The Hall–Kier alpha value is -0.781. The molecule has 0 N–H and O–H groups in total. The van der Waals surface area contributed by atoms with Gasteiger partial charge >= 0.3 is 33.9 Å². The predicted octanol–water partition coefficient (Wildman–Crippen LogP) is 4.03. The van der Waals surface area contributed by atoms with Gasteiger partial charge in [0, 0.05) is 23.5 Å². The van der Waals surface area contributed by atoms with Crippen LogP contribution in [0.4, 0.5) is 0 Å². The Labute approximate surface area is 133 Å². The molecule has 0 atom stereocenters. The van der Waals surface area contributed by atoms with E-state index in [1.54, 1.807) is 0 Å². The van der Waals surface area contributed by atoms with Gasteiger partial charge in [0.2, 0.25) is 0 Å². The largest absolute Gasteiger partial charge is 0 e. The van der Waals surface area contributed by atoms with Gasteiger partial charge < -0.3 is 0 Å². The molecule has 0 fully saturated rings. The molecule has 0 aromatic rings. The van der Waals surface area contributed by atoms with Crippen molar-refractivity contribution in [2.75, 3.05) is 0 Å². The van der Waals surface area contributed by atoms with E-state index >= 15 is 0 Å². The molecule has 0 unspecified atom stereocenters. The zero-order valence-corrected chi connectivity index (χ0v) is 14.0. The maximum atomic E-state index is 7.50. The van der Waals surface area contributed by atoms with Crippen molar-refractivity contribution in [3.63, 3.8) is 0 Å². The molecular weight excluding hydrogens is 295 g/mol. The first-order valence-electron chi connectivity index (χ1n) is 5.60. The van der Waals surface area contributed by atoms with E-state index in [9.17, 15) is 0 Å². The van der Waals surface area contributed by atoms with Gasteiger partial charge in [-0.25, -0.2) is 0 Å². The number of hydrogen-bond donors (Lipinski definition) is 0. The quantitative estimate of drug-likeness (QED) is 0.368. The summed E-state index contributed by atoms with van der Waals surface area (Å²) in [5.74, 6) is 0. The molecule has 3 nitrogen and oxygen atoms in total. The Morgan fingerprint density at radius 2 is 1.00 bits per heavy atom. The SMILES string of the molecule is CC(C)(C)C1=CC(C(C)(C)C)=C[CH]1.[C-]#[O+].[C-]#[O+].[C-]#[O+].[Mn]. The first-order valence-corrected chi connectivity index (χ1v) is 5.60. The summed E-state index contributed by atoms with van der Waals surface area (Å²) < 4.78 is 22.5. The van der Waals surface area contributed by atoms with Crippen LogP contribution in [0.1, 0.15) is 41.5 Å². The summed E-state index contributed by atoms with van der Waals surface area (Å²) in [7, 11) is 0. The number of rotatable bonds is 0. The van der Waals surface area contributed by atoms with Crippen LogP contribution < -0.4 is 0 Å². The van der Waals surface area contributed by atoms with Crippen LogP contribution in [0.2, 0.25) is 0 Å². The molecule has 0 bridgehead atoms. The van der Waals surface area contributed by atoms with Gasteiger partial charge in [-0.1, -0.05) is 59.3 Å². The van der Waals surface area contributed by atoms with E-state index in [0.717, 1.165) is 0 Å². The molecule has 0 saturated heterocycles. The van der Waals surface area contributed by atoms with Gasteiger partial charge in [-0.3, -0.25) is 0 Å². The summed E-state index contributed by atoms with van der Waals surface area (Å²) in [5, 5.41) is 0. The van der Waals surface area contributed by atoms with Gasteiger partial charge in [0.05, 0.1) is 0 Å². The van der Waals surface area contributed by atoms with E-state index in [2.05, 4.69) is 80.1 Å². The Morgan fingerprint density at radius 3 is 1.15 bits per heavy atom. The summed E-state index contributed by atoms with van der Waals surface area (Å²) in [6.45, 7) is 27.1. The monoisotopic (exact) mass is 316 g/mol. The topological polar surface area (TPSA) is 59.7 Å². The van der Waals surface area contributed by atoms with Gasteiger partial charge in [-0.05, 0) is 16.4 Å². The fourth-order valence-electron chi connectivity index (χ4n) is 1.38. The predicted molar refractivity (Wildman–Crippen MR) is 71.2 cm³/mol. The van der Waals surface area contributed by atoms with E-state index in [4.69, 9.17) is 14.0 Å². The van der Waals surface area contributed by atoms with Crippen LogP contribution in [-0.4, -0.2) is 0 Å². The van der Waals surface area contributed by atoms with Crippen LogP contribution in [0.3, 0.4) is 0 Å². The second-order valence-electron chi connectivity index (χ2n) is 5.89. The maximum Gasteiger partial charge on any atom is 0 e. The average molecular weight is 316 g/mol. The van der Waals surface area contributed by atoms with Crippen LogP contribution in [-0.2, 0) is 31.0 Å². The van der Waals surface area contributed by atoms with Crippen molar-refractivity contribution in [1.29, 1.82) is 0 Å². The normalized spacial score (nSPS) is 12.4. The van der Waals surface area contributed by atoms with Crippen LogP contribution in [0.15, 0.2) is 23.3 Å². The van der Waals surface area contributed by atoms with Crippen LogP contribution in [0.5, 0.6) is 0 Å². The number of allylic oxidation sites excluding steroid dienone is 4. The molecule has 0 saturated carbocycles. The molecule has 0 aliphatic heterocycles. The van der Waals surface area contributed by atoms with Crippen molar-refractivity contribution in [3.8, 4) is 0 Å². The standard InChI is InChI=1S/C13H21.3CO.Mn/c1-12(2,3)10-7-8-11(9-10)13(4,5)6;3*1-2;/h7-9H,1-6H3;;;;. The van der Waals surface area contributed by atoms with Crippen molar-refractivity contribution in [3.05, 3.63) is 49.7 Å². The first kappa shape index (κ1) is 27.5. The van der Waals surface area contributed by atoms with Gasteiger partial charge in [-0.15, -0.1) is 0 Å². The summed E-state index contributed by atoms with van der Waals surface area (Å²) >= 11 is 0. The molecule has 0 aromatic carbocycles. The molecule has 0 amide bonds. The minimum absolute atomic E-state index is 0. The van der Waals surface area contributed by atoms with E-state index in [0.29, 0.717) is 0 Å². The second-order valence-corrected chi connectivity index (χ2v) is 5.89. The molecule has 110 valence electrons. The fraction of sp³-hybridized carbons (Fsp3) is 0.500. The Bertz CT molecular complexity index is 357. The van der Waals surface area contributed by atoms with Gasteiger partial charge in [0.25, 0.3) is 0 Å². The number of hydrogen-bond acceptors (Lipinski definition) is 0. The van der Waals surface area contributed by atoms with E-state index in [-0.39, 0.29) is 27.9 Å². The molecule has 1 aliphatic carbocycles. The zero-order valence-electron chi connectivity index (χ0n) is 12.8. The van der Waals surface area contributed by atoms with Crippen molar-refractivity contribution < 1.29 is 31.0 Å². The summed E-state index contributed by atoms with van der Waals surface area (Å²) in [5.41, 5.74) is 3.45. The van der Waals surface area contributed by atoms with E-state index in [1.165, 1.54) is 11.1 Å². The van der Waals surface area contributed by atoms with Crippen molar-refractivity contribution in [2.24, 2.45) is 10.8 Å². The van der Waals surface area contributed by atoms with E-state index < -0.39 is 0 Å². The third kappa shape index (κ3) is 11.1. The molecule has 1 rings (SSSR count). The minimum atomic E-state index is 0. The van der Waals surface area contributed by atoms with Gasteiger partial charge in [0.15, 0.2) is 0 Å². The molecule has 1 aliphatic rings.